The van der Waals surface area contributed by atoms with Crippen molar-refractivity contribution in [3.05, 3.63) is 29.8 Å². The number of hydrogen-bond donors (Lipinski definition) is 1. The van der Waals surface area contributed by atoms with Crippen LogP contribution in [0.4, 0.5) is 4.79 Å². The minimum absolute atomic E-state index is 0.0736. The van der Waals surface area contributed by atoms with Gasteiger partial charge in [0.15, 0.2) is 0 Å². The fourth-order valence-corrected chi connectivity index (χ4v) is 4.02. The maximum atomic E-state index is 12.5. The molecule has 3 rings (SSSR count). The maximum Gasteiger partial charge on any atom is 0.317 e. The van der Waals surface area contributed by atoms with E-state index < -0.39 is 0 Å². The first-order valence-electron chi connectivity index (χ1n) is 9.49. The van der Waals surface area contributed by atoms with Gasteiger partial charge in [-0.15, -0.1) is 0 Å². The number of fused-ring (bicyclic) bond motifs is 1. The summed E-state index contributed by atoms with van der Waals surface area (Å²) in [5, 5.41) is 3.06. The molecule has 0 aromatic heterocycles. The van der Waals surface area contributed by atoms with Crippen LogP contribution in [0.3, 0.4) is 0 Å². The van der Waals surface area contributed by atoms with Crippen LogP contribution >= 0.6 is 0 Å². The van der Waals surface area contributed by atoms with Gasteiger partial charge in [-0.1, -0.05) is 31.4 Å². The van der Waals surface area contributed by atoms with Crippen LogP contribution in [-0.4, -0.2) is 44.3 Å². The lowest BCUT2D eigenvalue weighted by atomic mass is 9.75. The number of carbonyl (C=O) groups excluding carboxylic acids is 1. The topological polar surface area (TPSA) is 50.8 Å². The molecule has 5 nitrogen and oxygen atoms in total. The summed E-state index contributed by atoms with van der Waals surface area (Å²) in [6.45, 7) is 3.52. The molecule has 0 bridgehead atoms. The molecule has 1 aromatic rings. The van der Waals surface area contributed by atoms with E-state index in [1.807, 2.05) is 29.2 Å². The first-order chi connectivity index (χ1) is 12.3. The number of urea groups is 1. The Hall–Kier alpha value is -1.75. The lowest BCUT2D eigenvalue weighted by Crippen LogP contribution is -2.48. The summed E-state index contributed by atoms with van der Waals surface area (Å²) in [5.41, 5.74) is 1.08. The Kier molecular flexibility index (Phi) is 6.56. The first-order valence-corrected chi connectivity index (χ1v) is 9.49. The highest BCUT2D eigenvalue weighted by molar-refractivity contribution is 5.74. The van der Waals surface area contributed by atoms with E-state index in [4.69, 9.17) is 9.47 Å². The van der Waals surface area contributed by atoms with Crippen molar-refractivity contribution in [2.75, 3.05) is 33.4 Å². The number of nitrogens with one attached hydrogen (secondary N) is 1. The van der Waals surface area contributed by atoms with Crippen molar-refractivity contribution >= 4 is 6.03 Å². The fraction of sp³-hybridized carbons (Fsp3) is 0.650. The van der Waals surface area contributed by atoms with E-state index in [-0.39, 0.29) is 6.03 Å². The molecule has 1 aromatic carbocycles. The highest BCUT2D eigenvalue weighted by Gasteiger charge is 2.32. The summed E-state index contributed by atoms with van der Waals surface area (Å²) < 4.78 is 10.5. The van der Waals surface area contributed by atoms with E-state index in [1.165, 1.54) is 32.1 Å². The van der Waals surface area contributed by atoms with Gasteiger partial charge in [0.1, 0.15) is 12.4 Å². The van der Waals surface area contributed by atoms with E-state index in [1.54, 1.807) is 7.11 Å². The number of amides is 2. The van der Waals surface area contributed by atoms with Crippen molar-refractivity contribution in [2.45, 2.75) is 38.6 Å². The van der Waals surface area contributed by atoms with Gasteiger partial charge >= 0.3 is 6.03 Å². The molecule has 2 amide bonds. The number of rotatable bonds is 6. The Morgan fingerprint density at radius 3 is 2.64 bits per heavy atom. The van der Waals surface area contributed by atoms with Crippen molar-refractivity contribution < 1.29 is 14.3 Å². The summed E-state index contributed by atoms with van der Waals surface area (Å²) in [4.78, 5) is 14.5. The van der Waals surface area contributed by atoms with E-state index in [9.17, 15) is 4.79 Å². The molecule has 1 saturated carbocycles. The predicted octanol–water partition coefficient (Wildman–Crippen LogP) is 3.43. The van der Waals surface area contributed by atoms with Gasteiger partial charge in [0.05, 0.1) is 6.61 Å². The van der Waals surface area contributed by atoms with Crippen LogP contribution in [0.25, 0.3) is 0 Å². The molecule has 1 N–H and O–H groups in total. The van der Waals surface area contributed by atoms with E-state index in [2.05, 4.69) is 5.32 Å². The van der Waals surface area contributed by atoms with Crippen LogP contribution < -0.4 is 10.1 Å². The predicted molar refractivity (Wildman–Crippen MR) is 97.7 cm³/mol. The van der Waals surface area contributed by atoms with Crippen molar-refractivity contribution in [3.8, 4) is 5.75 Å². The Labute approximate surface area is 150 Å². The molecule has 0 spiro atoms. The Balaban J connectivity index is 1.42. The number of nitrogens with zero attached hydrogens (tertiary/aromatic N) is 1. The van der Waals surface area contributed by atoms with Crippen molar-refractivity contribution in [3.63, 3.8) is 0 Å². The maximum absolute atomic E-state index is 12.5. The van der Waals surface area contributed by atoms with Crippen LogP contribution in [-0.2, 0) is 11.3 Å². The molecule has 1 aliphatic carbocycles. The number of piperidine rings is 1. The summed E-state index contributed by atoms with van der Waals surface area (Å²) in [6, 6.07) is 7.94. The molecule has 2 fully saturated rings. The summed E-state index contributed by atoms with van der Waals surface area (Å²) in [5.74, 6) is 2.40. The molecular formula is C20H30N2O3. The Morgan fingerprint density at radius 1 is 1.12 bits per heavy atom. The van der Waals surface area contributed by atoms with Gasteiger partial charge < -0.3 is 19.7 Å². The monoisotopic (exact) mass is 346 g/mol. The Morgan fingerprint density at radius 2 is 1.88 bits per heavy atom. The normalized spacial score (nSPS) is 23.0. The fourth-order valence-electron chi connectivity index (χ4n) is 4.02. The van der Waals surface area contributed by atoms with Crippen LogP contribution in [0.15, 0.2) is 24.3 Å². The van der Waals surface area contributed by atoms with Crippen LogP contribution in [0.2, 0.25) is 0 Å². The molecule has 1 saturated heterocycles. The van der Waals surface area contributed by atoms with E-state index in [0.717, 1.165) is 36.2 Å². The highest BCUT2D eigenvalue weighted by Crippen LogP contribution is 2.35. The number of ether oxygens (including phenoxy) is 2. The summed E-state index contributed by atoms with van der Waals surface area (Å²) in [7, 11) is 1.66. The summed E-state index contributed by atoms with van der Waals surface area (Å²) >= 11 is 0. The molecule has 5 heteroatoms. The second-order valence-corrected chi connectivity index (χ2v) is 7.18. The summed E-state index contributed by atoms with van der Waals surface area (Å²) in [6.07, 6.45) is 6.53. The smallest absolute Gasteiger partial charge is 0.317 e. The molecule has 0 radical (unpaired) electrons. The second-order valence-electron chi connectivity index (χ2n) is 7.18. The van der Waals surface area contributed by atoms with Gasteiger partial charge in [-0.3, -0.25) is 0 Å². The molecule has 2 aliphatic rings. The molecule has 0 unspecified atom stereocenters. The zero-order valence-corrected chi connectivity index (χ0v) is 15.2. The lowest BCUT2D eigenvalue weighted by Gasteiger charge is -2.41. The number of methoxy groups -OCH3 is 1. The zero-order chi connectivity index (χ0) is 17.5. The van der Waals surface area contributed by atoms with Crippen LogP contribution in [0, 0.1) is 11.8 Å². The average Bonchev–Trinajstić information content (AvgIpc) is 2.67. The average molecular weight is 346 g/mol. The standard InChI is InChI=1S/C20H30N2O3/c1-24-12-13-25-19-8-6-16(7-9-19)14-21-20(23)22-11-10-17-4-2-3-5-18(17)15-22/h6-9,17-18H,2-5,10-15H2,1H3,(H,21,23)/t17-,18+/m0/s1. The third-order valence-electron chi connectivity index (χ3n) is 5.50. The van der Waals surface area contributed by atoms with Crippen molar-refractivity contribution in [1.29, 1.82) is 0 Å². The molecule has 25 heavy (non-hydrogen) atoms. The quantitative estimate of drug-likeness (QED) is 0.803. The van der Waals surface area contributed by atoms with Crippen LogP contribution in [0.5, 0.6) is 5.75 Å². The zero-order valence-electron chi connectivity index (χ0n) is 15.2. The first kappa shape index (κ1) is 18.1. The number of likely N-dealkylation sites (tertiary alicyclic amines) is 1. The van der Waals surface area contributed by atoms with Crippen molar-refractivity contribution in [1.82, 2.24) is 10.2 Å². The van der Waals surface area contributed by atoms with E-state index >= 15 is 0 Å². The molecular weight excluding hydrogens is 316 g/mol. The third-order valence-corrected chi connectivity index (χ3v) is 5.50. The molecule has 1 heterocycles. The van der Waals surface area contributed by atoms with Crippen LogP contribution in [0.1, 0.15) is 37.7 Å². The van der Waals surface area contributed by atoms with E-state index in [0.29, 0.717) is 19.8 Å². The number of hydrogen-bond acceptors (Lipinski definition) is 3. The minimum atomic E-state index is 0.0736. The third kappa shape index (κ3) is 5.11. The number of carbonyl (C=O) groups is 1. The van der Waals surface area contributed by atoms with Gasteiger partial charge in [-0.2, -0.15) is 0 Å². The largest absolute Gasteiger partial charge is 0.491 e. The van der Waals surface area contributed by atoms with Gasteiger partial charge in [-0.25, -0.2) is 4.79 Å². The molecule has 138 valence electrons. The van der Waals surface area contributed by atoms with Gasteiger partial charge in [-0.05, 0) is 42.4 Å². The SMILES string of the molecule is COCCOc1ccc(CNC(=O)N2CC[C@@H]3CCCC[C@@H]3C2)cc1. The van der Waals surface area contributed by atoms with Gasteiger partial charge in [0.2, 0.25) is 0 Å². The lowest BCUT2D eigenvalue weighted by molar-refractivity contribution is 0.102. The highest BCUT2D eigenvalue weighted by atomic mass is 16.5. The number of benzene rings is 1. The Bertz CT molecular complexity index is 546. The molecule has 1 aliphatic heterocycles. The van der Waals surface area contributed by atoms with Gasteiger partial charge in [0, 0.05) is 26.7 Å². The molecule has 2 atom stereocenters. The van der Waals surface area contributed by atoms with Gasteiger partial charge in [0.25, 0.3) is 0 Å². The minimum Gasteiger partial charge on any atom is -0.491 e. The second kappa shape index (κ2) is 9.09. The van der Waals surface area contributed by atoms with Crippen molar-refractivity contribution in [2.24, 2.45) is 11.8 Å².